The minimum Gasteiger partial charge on any atom is -0.375 e. The second kappa shape index (κ2) is 5.52. The van der Waals surface area contributed by atoms with Gasteiger partial charge in [0.15, 0.2) is 0 Å². The Kier molecular flexibility index (Phi) is 4.89. The molecule has 0 bridgehead atoms. The van der Waals surface area contributed by atoms with E-state index in [0.29, 0.717) is 12.3 Å². The van der Waals surface area contributed by atoms with Crippen molar-refractivity contribution in [3.63, 3.8) is 0 Å². The highest BCUT2D eigenvalue weighted by Crippen LogP contribution is 2.53. The maximum absolute atomic E-state index is 12.5. The van der Waals surface area contributed by atoms with Gasteiger partial charge in [0.2, 0.25) is 0 Å². The maximum atomic E-state index is 12.5. The maximum Gasteiger partial charge on any atom is 0.0994 e. The zero-order chi connectivity index (χ0) is 11.5. The minimum absolute atomic E-state index is 0.136. The van der Waals surface area contributed by atoms with E-state index in [1.807, 2.05) is 6.92 Å². The van der Waals surface area contributed by atoms with Gasteiger partial charge < -0.3 is 9.30 Å². The van der Waals surface area contributed by atoms with Gasteiger partial charge in [-0.15, -0.1) is 0 Å². The van der Waals surface area contributed by atoms with Crippen LogP contribution in [0.15, 0.2) is 10.6 Å². The van der Waals surface area contributed by atoms with Gasteiger partial charge in [-0.25, -0.2) is 0 Å². The van der Waals surface area contributed by atoms with Crippen LogP contribution in [0.2, 0.25) is 0 Å². The Bertz CT molecular complexity index is 299. The van der Waals surface area contributed by atoms with Crippen LogP contribution in [0.1, 0.15) is 26.7 Å². The fourth-order valence-electron chi connectivity index (χ4n) is 2.02. The van der Waals surface area contributed by atoms with Crippen LogP contribution in [-0.2, 0) is 9.30 Å². The van der Waals surface area contributed by atoms with Crippen molar-refractivity contribution in [2.45, 2.75) is 32.8 Å². The van der Waals surface area contributed by atoms with Crippen molar-refractivity contribution in [2.24, 2.45) is 0 Å². The van der Waals surface area contributed by atoms with Gasteiger partial charge in [-0.2, -0.15) is 0 Å². The summed E-state index contributed by atoms with van der Waals surface area (Å²) in [6, 6.07) is 0. The van der Waals surface area contributed by atoms with Crippen LogP contribution in [0.4, 0.5) is 0 Å². The molecule has 0 aromatic carbocycles. The van der Waals surface area contributed by atoms with Crippen LogP contribution in [-0.4, -0.2) is 31.7 Å². The molecule has 2 atom stereocenters. The summed E-state index contributed by atoms with van der Waals surface area (Å²) in [4.78, 5) is 0. The number of methoxy groups -OCH3 is 1. The number of halogens is 1. The molecule has 15 heavy (non-hydrogen) atoms. The summed E-state index contributed by atoms with van der Waals surface area (Å²) in [5.74, 6) is 0. The molecule has 0 fully saturated rings. The molecule has 0 aromatic heterocycles. The van der Waals surface area contributed by atoms with Gasteiger partial charge >= 0.3 is 0 Å². The summed E-state index contributed by atoms with van der Waals surface area (Å²) in [5, 5.41) is 0.764. The van der Waals surface area contributed by atoms with Gasteiger partial charge in [-0.05, 0) is 18.9 Å². The molecule has 0 aromatic rings. The van der Waals surface area contributed by atoms with E-state index < -0.39 is 7.14 Å². The molecule has 1 heterocycles. The highest BCUT2D eigenvalue weighted by molar-refractivity contribution is 7.64. The van der Waals surface area contributed by atoms with Crippen LogP contribution < -0.4 is 0 Å². The van der Waals surface area contributed by atoms with Crippen LogP contribution in [0.25, 0.3) is 0 Å². The molecule has 4 heteroatoms. The van der Waals surface area contributed by atoms with E-state index >= 15 is 0 Å². The predicted molar refractivity (Wildman–Crippen MR) is 66.5 cm³/mol. The van der Waals surface area contributed by atoms with E-state index in [2.05, 4.69) is 6.92 Å². The van der Waals surface area contributed by atoms with Crippen molar-refractivity contribution in [3.05, 3.63) is 10.6 Å². The van der Waals surface area contributed by atoms with E-state index in [4.69, 9.17) is 16.3 Å². The topological polar surface area (TPSA) is 26.3 Å². The summed E-state index contributed by atoms with van der Waals surface area (Å²) in [5.41, 5.74) is 1.05. The van der Waals surface area contributed by atoms with Gasteiger partial charge in [0.25, 0.3) is 0 Å². The van der Waals surface area contributed by atoms with Crippen LogP contribution in [0.3, 0.4) is 0 Å². The van der Waals surface area contributed by atoms with Gasteiger partial charge in [-0.1, -0.05) is 24.9 Å². The lowest BCUT2D eigenvalue weighted by atomic mass is 10.2. The lowest BCUT2D eigenvalue weighted by Crippen LogP contribution is -2.24. The van der Waals surface area contributed by atoms with E-state index in [1.165, 1.54) is 0 Å². The molecule has 1 aliphatic heterocycles. The SMILES string of the molecule is CCCC[P@]1(=O)CC(C)=C(Cl)[C@H](OC)C1. The summed E-state index contributed by atoms with van der Waals surface area (Å²) in [7, 11) is -0.429. The van der Waals surface area contributed by atoms with E-state index in [9.17, 15) is 4.57 Å². The molecule has 0 spiro atoms. The van der Waals surface area contributed by atoms with Crippen molar-refractivity contribution in [1.82, 2.24) is 0 Å². The van der Waals surface area contributed by atoms with Crippen molar-refractivity contribution in [1.29, 1.82) is 0 Å². The summed E-state index contributed by atoms with van der Waals surface area (Å²) < 4.78 is 17.8. The molecule has 0 amide bonds. The third-order valence-electron chi connectivity index (χ3n) is 2.92. The summed E-state index contributed by atoms with van der Waals surface area (Å²) in [6.45, 7) is 4.09. The average Bonchev–Trinajstić information content (AvgIpc) is 2.21. The van der Waals surface area contributed by atoms with Crippen LogP contribution in [0, 0.1) is 0 Å². The first kappa shape index (κ1) is 13.3. The first-order chi connectivity index (χ1) is 7.02. The molecule has 0 saturated heterocycles. The molecular formula is C11H20ClO2P. The molecular weight excluding hydrogens is 231 g/mol. The quantitative estimate of drug-likeness (QED) is 0.712. The normalized spacial score (nSPS) is 32.1. The molecule has 1 aliphatic rings. The van der Waals surface area contributed by atoms with Crippen molar-refractivity contribution >= 4 is 18.7 Å². The smallest absolute Gasteiger partial charge is 0.0994 e. The second-order valence-electron chi connectivity index (χ2n) is 4.33. The van der Waals surface area contributed by atoms with E-state index in [1.54, 1.807) is 7.11 Å². The number of hydrogen-bond donors (Lipinski definition) is 0. The van der Waals surface area contributed by atoms with Gasteiger partial charge in [0, 0.05) is 30.6 Å². The summed E-state index contributed by atoms with van der Waals surface area (Å²) >= 11 is 6.13. The number of allylic oxidation sites excluding steroid dienone is 1. The minimum atomic E-state index is -2.06. The molecule has 2 nitrogen and oxygen atoms in total. The number of hydrogen-bond acceptors (Lipinski definition) is 2. The van der Waals surface area contributed by atoms with Crippen LogP contribution in [0.5, 0.6) is 0 Å². The van der Waals surface area contributed by atoms with Gasteiger partial charge in [-0.3, -0.25) is 0 Å². The lowest BCUT2D eigenvalue weighted by Gasteiger charge is -2.29. The zero-order valence-corrected chi connectivity index (χ0v) is 11.4. The van der Waals surface area contributed by atoms with Crippen molar-refractivity contribution in [3.8, 4) is 0 Å². The van der Waals surface area contributed by atoms with Crippen molar-refractivity contribution < 1.29 is 9.30 Å². The van der Waals surface area contributed by atoms with Crippen LogP contribution >= 0.6 is 18.7 Å². The molecule has 88 valence electrons. The highest BCUT2D eigenvalue weighted by Gasteiger charge is 2.33. The number of unbranched alkanes of at least 4 members (excludes halogenated alkanes) is 1. The third-order valence-corrected chi connectivity index (χ3v) is 6.66. The van der Waals surface area contributed by atoms with E-state index in [-0.39, 0.29) is 6.10 Å². The Morgan fingerprint density at radius 3 is 2.80 bits per heavy atom. The molecule has 0 unspecified atom stereocenters. The molecule has 1 rings (SSSR count). The van der Waals surface area contributed by atoms with E-state index in [0.717, 1.165) is 29.6 Å². The Balaban J connectivity index is 2.78. The monoisotopic (exact) mass is 250 g/mol. The summed E-state index contributed by atoms with van der Waals surface area (Å²) in [6.07, 6.45) is 4.15. The molecule has 0 radical (unpaired) electrons. The third kappa shape index (κ3) is 3.34. The fourth-order valence-corrected chi connectivity index (χ4v) is 5.79. The Morgan fingerprint density at radius 2 is 2.27 bits per heavy atom. The zero-order valence-electron chi connectivity index (χ0n) is 9.75. The molecule has 0 N–H and O–H groups in total. The average molecular weight is 251 g/mol. The largest absolute Gasteiger partial charge is 0.375 e. The number of rotatable bonds is 4. The Hall–Kier alpha value is 0.220. The number of ether oxygens (including phenoxy) is 1. The lowest BCUT2D eigenvalue weighted by molar-refractivity contribution is 0.152. The predicted octanol–water partition coefficient (Wildman–Crippen LogP) is 3.69. The highest BCUT2D eigenvalue weighted by atomic mass is 35.5. The first-order valence-electron chi connectivity index (χ1n) is 5.47. The first-order valence-corrected chi connectivity index (χ1v) is 8.11. The van der Waals surface area contributed by atoms with Gasteiger partial charge in [0.05, 0.1) is 13.2 Å². The Morgan fingerprint density at radius 1 is 1.60 bits per heavy atom. The Labute approximate surface area is 97.4 Å². The molecule has 0 aliphatic carbocycles. The van der Waals surface area contributed by atoms with Crippen molar-refractivity contribution in [2.75, 3.05) is 25.6 Å². The standard InChI is InChI=1S/C11H20ClO2P/c1-4-5-6-15(13)7-9(2)11(12)10(8-15)14-3/h10H,4-8H2,1-3H3/t10-,15+/m1/s1. The fraction of sp³-hybridized carbons (Fsp3) is 0.818. The second-order valence-corrected chi connectivity index (χ2v) is 7.98. The van der Waals surface area contributed by atoms with Gasteiger partial charge in [0.1, 0.15) is 0 Å². The molecule has 0 saturated carbocycles.